The van der Waals surface area contributed by atoms with Gasteiger partial charge in [-0.2, -0.15) is 0 Å². The number of hydrogen-bond donors (Lipinski definition) is 0. The number of carbonyl (C=O) groups excluding carboxylic acids is 1. The van der Waals surface area contributed by atoms with E-state index < -0.39 is 0 Å². The second kappa shape index (κ2) is 17.1. The van der Waals surface area contributed by atoms with Gasteiger partial charge in [0.2, 0.25) is 0 Å². The van der Waals surface area contributed by atoms with Crippen LogP contribution in [0, 0.1) is 0 Å². The van der Waals surface area contributed by atoms with Gasteiger partial charge >= 0.3 is 5.97 Å². The van der Waals surface area contributed by atoms with Gasteiger partial charge in [-0.05, 0) is 50.2 Å². The maximum absolute atomic E-state index is 12.1. The van der Waals surface area contributed by atoms with Crippen molar-refractivity contribution in [3.8, 4) is 5.75 Å². The van der Waals surface area contributed by atoms with Gasteiger partial charge in [0.1, 0.15) is 11.3 Å². The van der Waals surface area contributed by atoms with Crippen LogP contribution in [-0.4, -0.2) is 20.2 Å². The van der Waals surface area contributed by atoms with Crippen molar-refractivity contribution in [2.45, 2.75) is 96.8 Å². The van der Waals surface area contributed by atoms with Crippen LogP contribution in [-0.2, 0) is 11.2 Å². The highest BCUT2D eigenvalue weighted by Gasteiger charge is 2.17. The summed E-state index contributed by atoms with van der Waals surface area (Å²) in [6, 6.07) is 5.76. The van der Waals surface area contributed by atoms with Crippen LogP contribution >= 0.6 is 0 Å². The Hall–Kier alpha value is -1.77. The Morgan fingerprint density at radius 2 is 1.41 bits per heavy atom. The van der Waals surface area contributed by atoms with Crippen LogP contribution in [0.1, 0.15) is 106 Å². The van der Waals surface area contributed by atoms with Crippen molar-refractivity contribution in [3.63, 3.8) is 0 Å². The number of methoxy groups -OCH3 is 2. The van der Waals surface area contributed by atoms with Crippen molar-refractivity contribution in [2.24, 2.45) is 0 Å². The fourth-order valence-electron chi connectivity index (χ4n) is 3.67. The number of esters is 1. The highest BCUT2D eigenvalue weighted by molar-refractivity contribution is 5.94. The summed E-state index contributed by atoms with van der Waals surface area (Å²) in [5.74, 6) is 0.285. The van der Waals surface area contributed by atoms with E-state index in [1.54, 1.807) is 7.11 Å². The Balaban J connectivity index is 2.10. The number of aryl methyl sites for hydroxylation is 1. The molecule has 0 aliphatic carbocycles. The number of benzene rings is 1. The molecule has 0 aliphatic rings. The van der Waals surface area contributed by atoms with Crippen molar-refractivity contribution in [1.82, 2.24) is 0 Å². The summed E-state index contributed by atoms with van der Waals surface area (Å²) in [5.41, 5.74) is 1.60. The molecule has 0 saturated carbocycles. The smallest absolute Gasteiger partial charge is 0.341 e. The normalized spacial score (nSPS) is 11.1. The van der Waals surface area contributed by atoms with E-state index in [-0.39, 0.29) is 5.97 Å². The molecule has 0 aliphatic heterocycles. The molecule has 0 bridgehead atoms. The summed E-state index contributed by atoms with van der Waals surface area (Å²) >= 11 is 0. The first-order chi connectivity index (χ1) is 14.2. The van der Waals surface area contributed by atoms with Gasteiger partial charge in [0.25, 0.3) is 0 Å². The minimum absolute atomic E-state index is 0.315. The number of carbonyl (C=O) groups is 1. The van der Waals surface area contributed by atoms with E-state index in [4.69, 9.17) is 9.47 Å². The van der Waals surface area contributed by atoms with E-state index in [0.717, 1.165) is 18.4 Å². The number of unbranched alkanes of at least 4 members (excludes halogenated alkanes) is 11. The highest BCUT2D eigenvalue weighted by atomic mass is 16.5. The first-order valence-corrected chi connectivity index (χ1v) is 11.6. The molecule has 164 valence electrons. The fraction of sp³-hybridized carbons (Fsp3) is 0.654. The van der Waals surface area contributed by atoms with Crippen molar-refractivity contribution >= 4 is 5.97 Å². The van der Waals surface area contributed by atoms with Gasteiger partial charge in [0.15, 0.2) is 0 Å². The van der Waals surface area contributed by atoms with Crippen molar-refractivity contribution in [1.29, 1.82) is 0 Å². The lowest BCUT2D eigenvalue weighted by molar-refractivity contribution is 0.0595. The highest BCUT2D eigenvalue weighted by Crippen LogP contribution is 2.25. The molecule has 0 saturated heterocycles. The topological polar surface area (TPSA) is 35.5 Å². The first kappa shape index (κ1) is 25.3. The minimum atomic E-state index is -0.315. The van der Waals surface area contributed by atoms with Gasteiger partial charge in [0, 0.05) is 0 Å². The van der Waals surface area contributed by atoms with E-state index in [1.807, 2.05) is 18.2 Å². The Labute approximate surface area is 178 Å². The third-order valence-corrected chi connectivity index (χ3v) is 5.43. The summed E-state index contributed by atoms with van der Waals surface area (Å²) < 4.78 is 10.3. The molecule has 1 aromatic carbocycles. The Morgan fingerprint density at radius 3 is 2.00 bits per heavy atom. The molecule has 29 heavy (non-hydrogen) atoms. The van der Waals surface area contributed by atoms with Gasteiger partial charge < -0.3 is 9.47 Å². The predicted octanol–water partition coefficient (Wildman–Crippen LogP) is 7.67. The molecule has 1 aromatic rings. The second-order valence-electron chi connectivity index (χ2n) is 7.82. The number of allylic oxidation sites excluding steroid dienone is 2. The molecule has 0 amide bonds. The Kier molecular flexibility index (Phi) is 14.9. The Bertz CT molecular complexity index is 577. The average Bonchev–Trinajstić information content (AvgIpc) is 2.75. The van der Waals surface area contributed by atoms with Gasteiger partial charge in [-0.25, -0.2) is 4.79 Å². The summed E-state index contributed by atoms with van der Waals surface area (Å²) in [5, 5.41) is 0. The molecule has 1 rings (SSSR count). The van der Waals surface area contributed by atoms with Crippen LogP contribution < -0.4 is 4.74 Å². The Morgan fingerprint density at radius 1 is 0.828 bits per heavy atom. The SMILES string of the molecule is CCCCCCCCC=CCCCCCCCc1cccc(OC)c1C(=O)OC. The third-order valence-electron chi connectivity index (χ3n) is 5.43. The summed E-state index contributed by atoms with van der Waals surface area (Å²) in [4.78, 5) is 12.1. The standard InChI is InChI=1S/C26H42O3/c1-4-5-6-7-8-9-10-11-12-13-14-15-16-17-18-20-23-21-19-22-24(28-2)25(23)26(27)29-3/h11-12,19,21-22H,4-10,13-18,20H2,1-3H3. The summed E-state index contributed by atoms with van der Waals surface area (Å²) in [7, 11) is 3.01. The number of rotatable bonds is 17. The average molecular weight is 403 g/mol. The molecule has 3 heteroatoms. The molecule has 0 radical (unpaired) electrons. The van der Waals surface area contributed by atoms with Crippen molar-refractivity contribution in [2.75, 3.05) is 14.2 Å². The maximum atomic E-state index is 12.1. The quantitative estimate of drug-likeness (QED) is 0.152. The lowest BCUT2D eigenvalue weighted by Crippen LogP contribution is -2.08. The molecular weight excluding hydrogens is 360 g/mol. The predicted molar refractivity (Wildman–Crippen MR) is 123 cm³/mol. The third kappa shape index (κ3) is 11.1. The molecule has 0 heterocycles. The van der Waals surface area contributed by atoms with Crippen LogP contribution in [0.25, 0.3) is 0 Å². The van der Waals surface area contributed by atoms with Crippen LogP contribution in [0.3, 0.4) is 0 Å². The molecule has 0 N–H and O–H groups in total. The molecular formula is C26H42O3. The molecule has 0 atom stereocenters. The molecule has 0 fully saturated rings. The van der Waals surface area contributed by atoms with E-state index in [9.17, 15) is 4.79 Å². The number of ether oxygens (including phenoxy) is 2. The largest absolute Gasteiger partial charge is 0.496 e. The van der Waals surface area contributed by atoms with E-state index in [0.29, 0.717) is 11.3 Å². The molecule has 0 aromatic heterocycles. The zero-order chi connectivity index (χ0) is 21.2. The van der Waals surface area contributed by atoms with Crippen molar-refractivity contribution < 1.29 is 14.3 Å². The summed E-state index contributed by atoms with van der Waals surface area (Å²) in [6.07, 6.45) is 22.4. The van der Waals surface area contributed by atoms with Crippen LogP contribution in [0.15, 0.2) is 30.4 Å². The van der Waals surface area contributed by atoms with Crippen LogP contribution in [0.5, 0.6) is 5.75 Å². The second-order valence-corrected chi connectivity index (χ2v) is 7.82. The van der Waals surface area contributed by atoms with Crippen LogP contribution in [0.2, 0.25) is 0 Å². The van der Waals surface area contributed by atoms with Gasteiger partial charge in [-0.3, -0.25) is 0 Å². The van der Waals surface area contributed by atoms with Gasteiger partial charge in [0.05, 0.1) is 14.2 Å². The number of hydrogen-bond acceptors (Lipinski definition) is 3. The summed E-state index contributed by atoms with van der Waals surface area (Å²) in [6.45, 7) is 2.27. The maximum Gasteiger partial charge on any atom is 0.341 e. The van der Waals surface area contributed by atoms with Crippen molar-refractivity contribution in [3.05, 3.63) is 41.5 Å². The lowest BCUT2D eigenvalue weighted by atomic mass is 9.99. The van der Waals surface area contributed by atoms with E-state index >= 15 is 0 Å². The molecule has 3 nitrogen and oxygen atoms in total. The fourth-order valence-corrected chi connectivity index (χ4v) is 3.67. The zero-order valence-corrected chi connectivity index (χ0v) is 19.0. The first-order valence-electron chi connectivity index (χ1n) is 11.6. The van der Waals surface area contributed by atoms with Gasteiger partial charge in [-0.1, -0.05) is 82.6 Å². The minimum Gasteiger partial charge on any atom is -0.496 e. The molecule has 0 unspecified atom stereocenters. The van der Waals surface area contributed by atoms with Gasteiger partial charge in [-0.15, -0.1) is 0 Å². The molecule has 0 spiro atoms. The monoisotopic (exact) mass is 402 g/mol. The van der Waals surface area contributed by atoms with E-state index in [1.165, 1.54) is 84.2 Å². The van der Waals surface area contributed by atoms with E-state index in [2.05, 4.69) is 19.1 Å². The van der Waals surface area contributed by atoms with Crippen LogP contribution in [0.4, 0.5) is 0 Å². The zero-order valence-electron chi connectivity index (χ0n) is 19.0. The lowest BCUT2D eigenvalue weighted by Gasteiger charge is -2.12.